The van der Waals surface area contributed by atoms with Crippen molar-refractivity contribution in [3.8, 4) is 5.75 Å². The molecule has 5 nitrogen and oxygen atoms in total. The predicted octanol–water partition coefficient (Wildman–Crippen LogP) is 3.96. The van der Waals surface area contributed by atoms with Crippen LogP contribution in [0.25, 0.3) is 0 Å². The highest BCUT2D eigenvalue weighted by Crippen LogP contribution is 2.35. The summed E-state index contributed by atoms with van der Waals surface area (Å²) in [6, 6.07) is 8.29. The van der Waals surface area contributed by atoms with E-state index in [0.717, 1.165) is 30.8 Å². The van der Waals surface area contributed by atoms with Crippen LogP contribution in [0.1, 0.15) is 47.4 Å². The number of benzene rings is 1. The zero-order valence-electron chi connectivity index (χ0n) is 18.8. The lowest BCUT2D eigenvalue weighted by molar-refractivity contribution is -0.136. The molecule has 0 spiro atoms. The zero-order chi connectivity index (χ0) is 22.0. The maximum atomic E-state index is 13.4. The first-order chi connectivity index (χ1) is 14.9. The van der Waals surface area contributed by atoms with Gasteiger partial charge >= 0.3 is 0 Å². The van der Waals surface area contributed by atoms with Gasteiger partial charge in [0.2, 0.25) is 5.91 Å². The Labute approximate surface area is 189 Å². The van der Waals surface area contributed by atoms with Gasteiger partial charge in [0.15, 0.2) is 0 Å². The van der Waals surface area contributed by atoms with E-state index in [1.165, 1.54) is 28.8 Å². The van der Waals surface area contributed by atoms with E-state index in [1.807, 2.05) is 11.0 Å². The smallest absolute Gasteiger partial charge is 0.237 e. The number of aliphatic hydroxyl groups excluding tert-OH is 1. The summed E-state index contributed by atoms with van der Waals surface area (Å²) < 4.78 is 6.24. The minimum absolute atomic E-state index is 0.0717. The Morgan fingerprint density at radius 1 is 1.32 bits per heavy atom. The third kappa shape index (κ3) is 5.68. The molecule has 1 amide bonds. The third-order valence-corrected chi connectivity index (χ3v) is 7.23. The first-order valence-electron chi connectivity index (χ1n) is 11.4. The zero-order valence-corrected chi connectivity index (χ0v) is 19.7. The van der Waals surface area contributed by atoms with Crippen LogP contribution in [0.3, 0.4) is 0 Å². The molecule has 2 aliphatic rings. The van der Waals surface area contributed by atoms with Crippen LogP contribution in [0.15, 0.2) is 29.6 Å². The van der Waals surface area contributed by atoms with Gasteiger partial charge in [-0.2, -0.15) is 0 Å². The number of rotatable bonds is 9. The van der Waals surface area contributed by atoms with Gasteiger partial charge in [0.05, 0.1) is 18.7 Å². The molecule has 31 heavy (non-hydrogen) atoms. The lowest BCUT2D eigenvalue weighted by atomic mass is 10.00. The number of aliphatic hydroxyl groups is 1. The number of hydrogen-bond acceptors (Lipinski definition) is 5. The Morgan fingerprint density at radius 3 is 2.84 bits per heavy atom. The molecule has 1 aliphatic heterocycles. The number of hydrogen-bond donors (Lipinski definition) is 1. The minimum atomic E-state index is -0.431. The highest BCUT2D eigenvalue weighted by atomic mass is 32.1. The monoisotopic (exact) mass is 442 g/mol. The first kappa shape index (κ1) is 22.3. The van der Waals surface area contributed by atoms with Gasteiger partial charge in [0.1, 0.15) is 12.4 Å². The number of thiophene rings is 1. The second kappa shape index (κ2) is 9.72. The molecule has 0 saturated heterocycles. The second-order valence-electron chi connectivity index (χ2n) is 9.22. The molecule has 1 aliphatic carbocycles. The van der Waals surface area contributed by atoms with Crippen LogP contribution >= 0.6 is 11.3 Å². The second-order valence-corrected chi connectivity index (χ2v) is 10.2. The minimum Gasteiger partial charge on any atom is -0.491 e. The first-order valence-corrected chi connectivity index (χ1v) is 12.2. The fourth-order valence-electron chi connectivity index (χ4n) is 4.53. The lowest BCUT2D eigenvalue weighted by Gasteiger charge is -2.37. The maximum absolute atomic E-state index is 13.4. The number of amides is 1. The summed E-state index contributed by atoms with van der Waals surface area (Å²) in [7, 11) is 0. The quantitative estimate of drug-likeness (QED) is 0.639. The molecule has 168 valence electrons. The van der Waals surface area contributed by atoms with E-state index in [0.29, 0.717) is 25.6 Å². The van der Waals surface area contributed by atoms with E-state index < -0.39 is 6.10 Å². The van der Waals surface area contributed by atoms with Crippen LogP contribution < -0.4 is 4.74 Å². The van der Waals surface area contributed by atoms with Crippen molar-refractivity contribution in [2.45, 2.75) is 52.2 Å². The Balaban J connectivity index is 1.48. The van der Waals surface area contributed by atoms with E-state index in [4.69, 9.17) is 4.74 Å². The molecule has 0 bridgehead atoms. The van der Waals surface area contributed by atoms with Crippen molar-refractivity contribution < 1.29 is 14.6 Å². The maximum Gasteiger partial charge on any atom is 0.237 e. The normalized spacial score (nSPS) is 19.4. The van der Waals surface area contributed by atoms with Crippen molar-refractivity contribution in [3.63, 3.8) is 0 Å². The van der Waals surface area contributed by atoms with Gasteiger partial charge in [-0.1, -0.05) is 17.7 Å². The summed E-state index contributed by atoms with van der Waals surface area (Å²) in [5.74, 6) is 1.69. The van der Waals surface area contributed by atoms with Gasteiger partial charge in [-0.15, -0.1) is 11.3 Å². The largest absolute Gasteiger partial charge is 0.491 e. The van der Waals surface area contributed by atoms with Crippen molar-refractivity contribution in [2.24, 2.45) is 5.92 Å². The van der Waals surface area contributed by atoms with Gasteiger partial charge in [-0.3, -0.25) is 9.69 Å². The molecular formula is C25H34N2O3S. The highest BCUT2D eigenvalue weighted by Gasteiger charge is 2.34. The summed E-state index contributed by atoms with van der Waals surface area (Å²) in [6.45, 7) is 8.92. The van der Waals surface area contributed by atoms with Crippen LogP contribution in [0, 0.1) is 19.8 Å². The molecule has 1 aromatic carbocycles. The van der Waals surface area contributed by atoms with Crippen LogP contribution in [0.4, 0.5) is 0 Å². The number of ether oxygens (including phenoxy) is 1. The van der Waals surface area contributed by atoms with Gasteiger partial charge < -0.3 is 14.7 Å². The molecular weight excluding hydrogens is 408 g/mol. The topological polar surface area (TPSA) is 53.0 Å². The SMILES string of the molecule is Cc1ccc(OCC2c3ccsc3CCN2C(=O)CN(CC(C)O)CC2CC2)c(C)c1. The van der Waals surface area contributed by atoms with E-state index in [-0.39, 0.29) is 11.9 Å². The van der Waals surface area contributed by atoms with Gasteiger partial charge in [0.25, 0.3) is 0 Å². The molecule has 1 aromatic heterocycles. The van der Waals surface area contributed by atoms with E-state index in [9.17, 15) is 9.90 Å². The van der Waals surface area contributed by atoms with Crippen LogP contribution in [0.5, 0.6) is 5.75 Å². The Bertz CT molecular complexity index is 902. The average Bonchev–Trinajstić information content (AvgIpc) is 3.38. The predicted molar refractivity (Wildman–Crippen MR) is 125 cm³/mol. The molecule has 1 saturated carbocycles. The Hall–Kier alpha value is -1.89. The van der Waals surface area contributed by atoms with Crippen LogP contribution in [0.2, 0.25) is 0 Å². The van der Waals surface area contributed by atoms with Gasteiger partial charge in [-0.05, 0) is 74.6 Å². The molecule has 2 atom stereocenters. The van der Waals surface area contributed by atoms with Gasteiger partial charge in [0, 0.05) is 24.5 Å². The number of nitrogens with zero attached hydrogens (tertiary/aromatic N) is 2. The fraction of sp³-hybridized carbons (Fsp3) is 0.560. The van der Waals surface area contributed by atoms with Crippen molar-refractivity contribution in [1.29, 1.82) is 0 Å². The molecule has 2 heterocycles. The molecule has 0 radical (unpaired) electrons. The van der Waals surface area contributed by atoms with E-state index in [1.54, 1.807) is 18.3 Å². The lowest BCUT2D eigenvalue weighted by Crippen LogP contribution is -2.48. The number of fused-ring (bicyclic) bond motifs is 1. The van der Waals surface area contributed by atoms with E-state index in [2.05, 4.69) is 42.3 Å². The summed E-state index contributed by atoms with van der Waals surface area (Å²) in [5, 5.41) is 12.0. The summed E-state index contributed by atoms with van der Waals surface area (Å²) in [5.41, 5.74) is 3.55. The van der Waals surface area contributed by atoms with Crippen molar-refractivity contribution >= 4 is 17.2 Å². The molecule has 4 rings (SSSR count). The third-order valence-electron chi connectivity index (χ3n) is 6.24. The summed E-state index contributed by atoms with van der Waals surface area (Å²) >= 11 is 1.77. The molecule has 6 heteroatoms. The molecule has 1 fully saturated rings. The number of carbonyl (C=O) groups is 1. The fourth-order valence-corrected chi connectivity index (χ4v) is 5.46. The molecule has 1 N–H and O–H groups in total. The van der Waals surface area contributed by atoms with E-state index >= 15 is 0 Å². The number of aryl methyl sites for hydroxylation is 2. The van der Waals surface area contributed by atoms with Crippen LogP contribution in [-0.2, 0) is 11.2 Å². The van der Waals surface area contributed by atoms with Gasteiger partial charge in [-0.25, -0.2) is 0 Å². The molecule has 2 unspecified atom stereocenters. The van der Waals surface area contributed by atoms with Crippen molar-refractivity contribution in [3.05, 3.63) is 51.2 Å². The van der Waals surface area contributed by atoms with Crippen LogP contribution in [-0.4, -0.2) is 59.7 Å². The summed E-state index contributed by atoms with van der Waals surface area (Å²) in [6.07, 6.45) is 2.94. The summed E-state index contributed by atoms with van der Waals surface area (Å²) in [4.78, 5) is 18.9. The standard InChI is InChI=1S/C25H34N2O3S/c1-17-4-7-23(18(2)12-17)30-16-22-21-9-11-31-24(21)8-10-27(22)25(29)15-26(13-19(3)28)14-20-5-6-20/h4,7,9,11-12,19-20,22,28H,5-6,8,10,13-16H2,1-3H3. The van der Waals surface area contributed by atoms with Crippen molar-refractivity contribution in [2.75, 3.05) is 32.8 Å². The molecule has 2 aromatic rings. The Morgan fingerprint density at radius 2 is 2.13 bits per heavy atom. The van der Waals surface area contributed by atoms with Crippen molar-refractivity contribution in [1.82, 2.24) is 9.80 Å². The Kier molecular flexibility index (Phi) is 6.99. The number of carbonyl (C=O) groups excluding carboxylic acids is 1. The average molecular weight is 443 g/mol. The highest BCUT2D eigenvalue weighted by molar-refractivity contribution is 7.10.